The van der Waals surface area contributed by atoms with E-state index in [-0.39, 0.29) is 23.3 Å². The first-order valence-electron chi connectivity index (χ1n) is 7.38. The number of halogens is 2. The Balaban J connectivity index is 2.23. The molecule has 1 atom stereocenters. The maximum Gasteiger partial charge on any atom is 0.387 e. The fraction of sp³-hybridized carbons (Fsp3) is 0.278. The summed E-state index contributed by atoms with van der Waals surface area (Å²) in [5.74, 6) is -0.427. The fourth-order valence-electron chi connectivity index (χ4n) is 2.37. The van der Waals surface area contributed by atoms with E-state index < -0.39 is 12.5 Å². The summed E-state index contributed by atoms with van der Waals surface area (Å²) >= 11 is 0. The van der Waals surface area contributed by atoms with Crippen molar-refractivity contribution in [2.75, 3.05) is 0 Å². The summed E-state index contributed by atoms with van der Waals surface area (Å²) in [6.07, 6.45) is 0. The standard InChI is InChI=1S/C18H19F2NO2/c1-12(2)16(13-8-4-3-5-9-13)21-17(22)14-10-6-7-11-15(14)23-18(19)20/h3-12,16,18H,1-2H3,(H,21,22). The smallest absolute Gasteiger partial charge is 0.387 e. The van der Waals surface area contributed by atoms with Crippen LogP contribution >= 0.6 is 0 Å². The zero-order chi connectivity index (χ0) is 16.8. The first-order chi connectivity index (χ1) is 11.0. The highest BCUT2D eigenvalue weighted by molar-refractivity contribution is 5.97. The Kier molecular flexibility index (Phi) is 5.68. The van der Waals surface area contributed by atoms with E-state index in [0.29, 0.717) is 0 Å². The predicted molar refractivity (Wildman–Crippen MR) is 84.6 cm³/mol. The molecule has 0 heterocycles. The lowest BCUT2D eigenvalue weighted by Gasteiger charge is -2.23. The van der Waals surface area contributed by atoms with Gasteiger partial charge >= 0.3 is 6.61 Å². The molecule has 0 bridgehead atoms. The minimum atomic E-state index is -2.97. The number of carbonyl (C=O) groups excluding carboxylic acids is 1. The molecule has 23 heavy (non-hydrogen) atoms. The third kappa shape index (κ3) is 4.52. The van der Waals surface area contributed by atoms with Crippen molar-refractivity contribution in [1.29, 1.82) is 0 Å². The number of carbonyl (C=O) groups is 1. The van der Waals surface area contributed by atoms with Gasteiger partial charge in [-0.2, -0.15) is 8.78 Å². The maximum absolute atomic E-state index is 12.5. The van der Waals surface area contributed by atoms with Crippen LogP contribution in [0.25, 0.3) is 0 Å². The van der Waals surface area contributed by atoms with Crippen LogP contribution in [0.2, 0.25) is 0 Å². The first-order valence-corrected chi connectivity index (χ1v) is 7.38. The molecule has 0 aromatic heterocycles. The van der Waals surface area contributed by atoms with Crippen molar-refractivity contribution in [3.05, 3.63) is 65.7 Å². The summed E-state index contributed by atoms with van der Waals surface area (Å²) in [7, 11) is 0. The second-order valence-electron chi connectivity index (χ2n) is 5.48. The number of rotatable bonds is 6. The topological polar surface area (TPSA) is 38.3 Å². The summed E-state index contributed by atoms with van der Waals surface area (Å²) < 4.78 is 29.4. The number of nitrogens with one attached hydrogen (secondary N) is 1. The Bertz CT molecular complexity index is 644. The van der Waals surface area contributed by atoms with Gasteiger partial charge in [-0.3, -0.25) is 4.79 Å². The van der Waals surface area contributed by atoms with Crippen LogP contribution in [0.15, 0.2) is 54.6 Å². The number of ether oxygens (including phenoxy) is 1. The molecule has 0 aliphatic carbocycles. The first kappa shape index (κ1) is 16.9. The molecule has 0 spiro atoms. The van der Waals surface area contributed by atoms with E-state index in [1.807, 2.05) is 44.2 Å². The molecule has 0 saturated heterocycles. The van der Waals surface area contributed by atoms with Crippen molar-refractivity contribution in [2.24, 2.45) is 5.92 Å². The van der Waals surface area contributed by atoms with Gasteiger partial charge in [0, 0.05) is 0 Å². The van der Waals surface area contributed by atoms with E-state index in [9.17, 15) is 13.6 Å². The van der Waals surface area contributed by atoms with Gasteiger partial charge in [0.25, 0.3) is 5.91 Å². The van der Waals surface area contributed by atoms with Crippen LogP contribution in [0.4, 0.5) is 8.78 Å². The van der Waals surface area contributed by atoms with E-state index in [0.717, 1.165) is 5.56 Å². The van der Waals surface area contributed by atoms with E-state index >= 15 is 0 Å². The Morgan fingerprint density at radius 3 is 2.22 bits per heavy atom. The second-order valence-corrected chi connectivity index (χ2v) is 5.48. The summed E-state index contributed by atoms with van der Waals surface area (Å²) in [5.41, 5.74) is 1.05. The van der Waals surface area contributed by atoms with Gasteiger partial charge in [-0.05, 0) is 23.6 Å². The molecule has 2 aromatic rings. The molecule has 2 rings (SSSR count). The highest BCUT2D eigenvalue weighted by atomic mass is 19.3. The van der Waals surface area contributed by atoms with Crippen LogP contribution in [0.3, 0.4) is 0 Å². The average Bonchev–Trinajstić information content (AvgIpc) is 2.53. The monoisotopic (exact) mass is 319 g/mol. The minimum absolute atomic E-state index is 0.0920. The molecule has 1 unspecified atom stereocenters. The molecule has 0 aliphatic rings. The lowest BCUT2D eigenvalue weighted by molar-refractivity contribution is -0.0501. The molecule has 2 aromatic carbocycles. The summed E-state index contributed by atoms with van der Waals surface area (Å²) in [6.45, 7) is 0.998. The molecule has 0 radical (unpaired) electrons. The molecule has 122 valence electrons. The van der Waals surface area contributed by atoms with Crippen molar-refractivity contribution >= 4 is 5.91 Å². The quantitative estimate of drug-likeness (QED) is 0.856. The van der Waals surface area contributed by atoms with Crippen molar-refractivity contribution in [1.82, 2.24) is 5.32 Å². The van der Waals surface area contributed by atoms with Crippen molar-refractivity contribution in [3.8, 4) is 5.75 Å². The number of benzene rings is 2. The molecule has 1 N–H and O–H groups in total. The normalized spacial score (nSPS) is 12.3. The van der Waals surface area contributed by atoms with E-state index in [2.05, 4.69) is 10.1 Å². The zero-order valence-corrected chi connectivity index (χ0v) is 13.0. The highest BCUT2D eigenvalue weighted by Gasteiger charge is 2.21. The lowest BCUT2D eigenvalue weighted by Crippen LogP contribution is -2.32. The van der Waals surface area contributed by atoms with E-state index in [1.165, 1.54) is 12.1 Å². The molecule has 5 heteroatoms. The van der Waals surface area contributed by atoms with Gasteiger partial charge in [0.15, 0.2) is 0 Å². The van der Waals surface area contributed by atoms with Gasteiger partial charge in [0.1, 0.15) is 5.75 Å². The van der Waals surface area contributed by atoms with Crippen molar-refractivity contribution in [3.63, 3.8) is 0 Å². The molecule has 3 nitrogen and oxygen atoms in total. The van der Waals surface area contributed by atoms with Gasteiger partial charge in [-0.25, -0.2) is 0 Å². The third-order valence-electron chi connectivity index (χ3n) is 3.46. The molecular formula is C18H19F2NO2. The number of hydrogen-bond acceptors (Lipinski definition) is 2. The van der Waals surface area contributed by atoms with Crippen LogP contribution in [0, 0.1) is 5.92 Å². The van der Waals surface area contributed by atoms with Crippen molar-refractivity contribution < 1.29 is 18.3 Å². The summed E-state index contributed by atoms with van der Waals surface area (Å²) in [4.78, 5) is 12.5. The summed E-state index contributed by atoms with van der Waals surface area (Å²) in [5, 5.41) is 2.90. The highest BCUT2D eigenvalue weighted by Crippen LogP contribution is 2.25. The largest absolute Gasteiger partial charge is 0.434 e. The second kappa shape index (κ2) is 7.72. The van der Waals surface area contributed by atoms with E-state index in [1.54, 1.807) is 12.1 Å². The average molecular weight is 319 g/mol. The van der Waals surface area contributed by atoms with E-state index in [4.69, 9.17) is 0 Å². The van der Waals surface area contributed by atoms with Crippen LogP contribution < -0.4 is 10.1 Å². The van der Waals surface area contributed by atoms with Gasteiger partial charge < -0.3 is 10.1 Å². The van der Waals surface area contributed by atoms with Crippen LogP contribution in [0.1, 0.15) is 35.8 Å². The zero-order valence-electron chi connectivity index (χ0n) is 13.0. The van der Waals surface area contributed by atoms with Crippen LogP contribution in [-0.4, -0.2) is 12.5 Å². The summed E-state index contributed by atoms with van der Waals surface area (Å²) in [6, 6.07) is 15.3. The Morgan fingerprint density at radius 2 is 1.61 bits per heavy atom. The molecule has 0 aliphatic heterocycles. The number of hydrogen-bond donors (Lipinski definition) is 1. The minimum Gasteiger partial charge on any atom is -0.434 e. The molecule has 0 fully saturated rings. The lowest BCUT2D eigenvalue weighted by atomic mass is 9.95. The molecular weight excluding hydrogens is 300 g/mol. The fourth-order valence-corrected chi connectivity index (χ4v) is 2.37. The third-order valence-corrected chi connectivity index (χ3v) is 3.46. The van der Waals surface area contributed by atoms with Gasteiger partial charge in [-0.15, -0.1) is 0 Å². The van der Waals surface area contributed by atoms with Gasteiger partial charge in [0.05, 0.1) is 11.6 Å². The van der Waals surface area contributed by atoms with Gasteiger partial charge in [0.2, 0.25) is 0 Å². The van der Waals surface area contributed by atoms with Crippen LogP contribution in [0.5, 0.6) is 5.75 Å². The molecule has 1 amide bonds. The SMILES string of the molecule is CC(C)C(NC(=O)c1ccccc1OC(F)F)c1ccccc1. The number of alkyl halides is 2. The van der Waals surface area contributed by atoms with Crippen molar-refractivity contribution in [2.45, 2.75) is 26.5 Å². The maximum atomic E-state index is 12.5. The Morgan fingerprint density at radius 1 is 1.00 bits per heavy atom. The number of amides is 1. The van der Waals surface area contributed by atoms with Gasteiger partial charge in [-0.1, -0.05) is 56.3 Å². The van der Waals surface area contributed by atoms with Crippen LogP contribution in [-0.2, 0) is 0 Å². The predicted octanol–water partition coefficient (Wildman–Crippen LogP) is 4.42. The Labute approximate surface area is 134 Å². The number of para-hydroxylation sites is 1. The molecule has 0 saturated carbocycles. The Hall–Kier alpha value is -2.43.